The number of carbonyl (C=O) groups is 2. The number of hydrogen-bond donors (Lipinski definition) is 1. The number of carboxylic acids is 1. The molecule has 0 radical (unpaired) electrons. The maximum absolute atomic E-state index is 11.7. The van der Waals surface area contributed by atoms with Crippen molar-refractivity contribution in [3.05, 3.63) is 0 Å². The Morgan fingerprint density at radius 3 is 1.67 bits per heavy atom. The largest absolute Gasteiger partial charge is 0.481 e. The van der Waals surface area contributed by atoms with Crippen molar-refractivity contribution >= 4 is 11.9 Å². The van der Waals surface area contributed by atoms with Crippen LogP contribution in [0.1, 0.15) is 85.0 Å². The molecular weight excluding hydrogens is 392 g/mol. The lowest BCUT2D eigenvalue weighted by molar-refractivity contribution is -0.395. The van der Waals surface area contributed by atoms with E-state index in [2.05, 4.69) is 20.8 Å². The Balaban J connectivity index is 4.40. The Labute approximate surface area is 181 Å². The predicted octanol–water partition coefficient (Wildman–Crippen LogP) is 4.30. The van der Waals surface area contributed by atoms with E-state index in [-0.39, 0.29) is 38.6 Å². The standard InChI is InChI=1S/C22H42O8/c1-4-7-14-28-22(29-15-8-5-2,30-16-9-6-3)19-26-17-18-27-21(25)13-11-10-12-20(23)24/h4-19H2,1-3H3,(H,23,24). The molecule has 0 saturated carbocycles. The highest BCUT2D eigenvalue weighted by Gasteiger charge is 2.34. The quantitative estimate of drug-likeness (QED) is 0.153. The number of hydrogen-bond acceptors (Lipinski definition) is 7. The van der Waals surface area contributed by atoms with Crippen molar-refractivity contribution in [3.63, 3.8) is 0 Å². The molecule has 0 atom stereocenters. The molecule has 0 unspecified atom stereocenters. The molecule has 0 heterocycles. The summed E-state index contributed by atoms with van der Waals surface area (Å²) in [4.78, 5) is 22.1. The van der Waals surface area contributed by atoms with Crippen molar-refractivity contribution in [3.8, 4) is 0 Å². The van der Waals surface area contributed by atoms with Gasteiger partial charge in [-0.2, -0.15) is 0 Å². The molecular formula is C22H42O8. The van der Waals surface area contributed by atoms with Gasteiger partial charge >= 0.3 is 17.9 Å². The summed E-state index contributed by atoms with van der Waals surface area (Å²) in [7, 11) is 0. The lowest BCUT2D eigenvalue weighted by atomic mass is 10.2. The van der Waals surface area contributed by atoms with E-state index in [1.165, 1.54) is 0 Å². The molecule has 0 aromatic heterocycles. The molecule has 1 N–H and O–H groups in total. The molecule has 0 aromatic rings. The van der Waals surface area contributed by atoms with Gasteiger partial charge in [0.1, 0.15) is 13.2 Å². The zero-order valence-electron chi connectivity index (χ0n) is 19.1. The van der Waals surface area contributed by atoms with Crippen LogP contribution in [-0.4, -0.2) is 62.7 Å². The smallest absolute Gasteiger partial charge is 0.307 e. The highest BCUT2D eigenvalue weighted by Crippen LogP contribution is 2.19. The molecule has 8 nitrogen and oxygen atoms in total. The summed E-state index contributed by atoms with van der Waals surface area (Å²) in [5, 5.41) is 8.59. The highest BCUT2D eigenvalue weighted by molar-refractivity contribution is 5.69. The summed E-state index contributed by atoms with van der Waals surface area (Å²) in [6.45, 7) is 8.24. The third kappa shape index (κ3) is 16.6. The van der Waals surface area contributed by atoms with Crippen molar-refractivity contribution in [2.75, 3.05) is 39.6 Å². The number of carboxylic acid groups (broad SMARTS) is 1. The van der Waals surface area contributed by atoms with Gasteiger partial charge in [0.2, 0.25) is 0 Å². The number of esters is 1. The maximum atomic E-state index is 11.7. The van der Waals surface area contributed by atoms with Crippen molar-refractivity contribution in [1.82, 2.24) is 0 Å². The van der Waals surface area contributed by atoms with Gasteiger partial charge in [-0.3, -0.25) is 9.59 Å². The van der Waals surface area contributed by atoms with E-state index in [0.717, 1.165) is 38.5 Å². The van der Waals surface area contributed by atoms with E-state index in [0.29, 0.717) is 32.7 Å². The molecule has 0 aliphatic heterocycles. The summed E-state index contributed by atoms with van der Waals surface area (Å²) in [5.74, 6) is -2.45. The second-order valence-corrected chi connectivity index (χ2v) is 7.16. The summed E-state index contributed by atoms with van der Waals surface area (Å²) in [6, 6.07) is 0. The van der Waals surface area contributed by atoms with E-state index in [9.17, 15) is 9.59 Å². The van der Waals surface area contributed by atoms with E-state index in [1.54, 1.807) is 0 Å². The Morgan fingerprint density at radius 1 is 0.700 bits per heavy atom. The Morgan fingerprint density at radius 2 is 1.20 bits per heavy atom. The summed E-state index contributed by atoms with van der Waals surface area (Å²) in [6.07, 6.45) is 6.93. The van der Waals surface area contributed by atoms with Gasteiger partial charge in [-0.05, 0) is 32.1 Å². The van der Waals surface area contributed by atoms with Crippen LogP contribution in [0.5, 0.6) is 0 Å². The molecule has 0 rings (SSSR count). The van der Waals surface area contributed by atoms with E-state index in [4.69, 9.17) is 28.8 Å². The fourth-order valence-corrected chi connectivity index (χ4v) is 2.40. The van der Waals surface area contributed by atoms with Gasteiger partial charge in [0.25, 0.3) is 0 Å². The number of rotatable bonds is 22. The Bertz CT molecular complexity index is 401. The second-order valence-electron chi connectivity index (χ2n) is 7.16. The molecule has 30 heavy (non-hydrogen) atoms. The van der Waals surface area contributed by atoms with Crippen LogP contribution in [0.3, 0.4) is 0 Å². The normalized spacial score (nSPS) is 11.6. The highest BCUT2D eigenvalue weighted by atomic mass is 16.9. The number of unbranched alkanes of at least 4 members (excludes halogenated alkanes) is 4. The lowest BCUT2D eigenvalue weighted by Gasteiger charge is -2.33. The number of aliphatic carboxylic acids is 1. The minimum absolute atomic E-state index is 0.0621. The summed E-state index contributed by atoms with van der Waals surface area (Å²) < 4.78 is 28.6. The van der Waals surface area contributed by atoms with E-state index in [1.807, 2.05) is 0 Å². The minimum Gasteiger partial charge on any atom is -0.481 e. The monoisotopic (exact) mass is 434 g/mol. The van der Waals surface area contributed by atoms with Crippen LogP contribution in [0.2, 0.25) is 0 Å². The first-order valence-electron chi connectivity index (χ1n) is 11.4. The van der Waals surface area contributed by atoms with Crippen LogP contribution in [0.4, 0.5) is 0 Å². The first-order valence-corrected chi connectivity index (χ1v) is 11.4. The van der Waals surface area contributed by atoms with E-state index >= 15 is 0 Å². The van der Waals surface area contributed by atoms with Gasteiger partial charge in [0.05, 0.1) is 26.4 Å². The van der Waals surface area contributed by atoms with Gasteiger partial charge < -0.3 is 28.8 Å². The molecule has 0 amide bonds. The summed E-state index contributed by atoms with van der Waals surface area (Å²) in [5.41, 5.74) is 0. The predicted molar refractivity (Wildman–Crippen MR) is 113 cm³/mol. The summed E-state index contributed by atoms with van der Waals surface area (Å²) >= 11 is 0. The van der Waals surface area contributed by atoms with E-state index < -0.39 is 11.9 Å². The molecule has 0 aliphatic rings. The molecule has 0 aromatic carbocycles. The second kappa shape index (κ2) is 19.7. The van der Waals surface area contributed by atoms with Crippen LogP contribution in [0.15, 0.2) is 0 Å². The van der Waals surface area contributed by atoms with Crippen molar-refractivity contribution in [2.24, 2.45) is 0 Å². The van der Waals surface area contributed by atoms with Crippen molar-refractivity contribution in [1.29, 1.82) is 0 Å². The molecule has 0 spiro atoms. The zero-order valence-corrected chi connectivity index (χ0v) is 19.1. The van der Waals surface area contributed by atoms with Crippen LogP contribution < -0.4 is 0 Å². The molecule has 0 bridgehead atoms. The first-order chi connectivity index (χ1) is 14.5. The van der Waals surface area contributed by atoms with Crippen molar-refractivity contribution < 1.29 is 38.4 Å². The molecule has 178 valence electrons. The topological polar surface area (TPSA) is 101 Å². The van der Waals surface area contributed by atoms with Crippen LogP contribution >= 0.6 is 0 Å². The average Bonchev–Trinajstić information content (AvgIpc) is 2.71. The number of ether oxygens (including phenoxy) is 5. The van der Waals surface area contributed by atoms with Crippen LogP contribution in [-0.2, 0) is 33.3 Å². The van der Waals surface area contributed by atoms with Gasteiger partial charge in [-0.25, -0.2) is 0 Å². The van der Waals surface area contributed by atoms with Gasteiger partial charge in [0, 0.05) is 12.8 Å². The average molecular weight is 435 g/mol. The third-order valence-electron chi connectivity index (χ3n) is 4.25. The van der Waals surface area contributed by atoms with Crippen molar-refractivity contribution in [2.45, 2.75) is 91.0 Å². The minimum atomic E-state index is -1.24. The van der Waals surface area contributed by atoms with Crippen LogP contribution in [0.25, 0.3) is 0 Å². The molecule has 8 heteroatoms. The fraction of sp³-hybridized carbons (Fsp3) is 0.909. The molecule has 0 fully saturated rings. The van der Waals surface area contributed by atoms with Gasteiger partial charge in [-0.15, -0.1) is 0 Å². The Hall–Kier alpha value is -1.22. The van der Waals surface area contributed by atoms with Gasteiger partial charge in [0.15, 0.2) is 0 Å². The maximum Gasteiger partial charge on any atom is 0.307 e. The van der Waals surface area contributed by atoms with Gasteiger partial charge in [-0.1, -0.05) is 40.0 Å². The SMILES string of the molecule is CCCCOC(COCCOC(=O)CCCCC(=O)O)(OCCCC)OCCCC. The first kappa shape index (κ1) is 28.8. The molecule has 0 saturated heterocycles. The Kier molecular flexibility index (Phi) is 18.9. The zero-order chi connectivity index (χ0) is 22.5. The van der Waals surface area contributed by atoms with Crippen LogP contribution in [0, 0.1) is 0 Å². The fourth-order valence-electron chi connectivity index (χ4n) is 2.40. The third-order valence-corrected chi connectivity index (χ3v) is 4.25. The molecule has 0 aliphatic carbocycles. The number of carbonyl (C=O) groups excluding carboxylic acids is 1. The lowest BCUT2D eigenvalue weighted by Crippen LogP contribution is -2.45.